The highest BCUT2D eigenvalue weighted by Crippen LogP contribution is 2.70. The van der Waals surface area contributed by atoms with Gasteiger partial charge in [-0.05, 0) is 72.1 Å². The van der Waals surface area contributed by atoms with E-state index in [1.54, 1.807) is 12.4 Å². The largest absolute Gasteiger partial charge is 0.416 e. The van der Waals surface area contributed by atoms with Crippen LogP contribution in [0.25, 0.3) is 0 Å². The molecule has 0 unspecified atom stereocenters. The lowest BCUT2D eigenvalue weighted by Crippen LogP contribution is -2.45. The molecule has 1 N–H and O–H groups in total. The molecule has 0 saturated heterocycles. The molecule has 176 valence electrons. The molecule has 2 aliphatic carbocycles. The maximum Gasteiger partial charge on any atom is 0.416 e. The third-order valence-electron chi connectivity index (χ3n) is 7.75. The highest BCUT2D eigenvalue weighted by atomic mass is 19.4. The minimum Gasteiger partial charge on any atom is -0.392 e. The molecule has 0 bridgehead atoms. The maximum atomic E-state index is 13.7. The highest BCUT2D eigenvalue weighted by molar-refractivity contribution is 6.10. The van der Waals surface area contributed by atoms with Crippen LogP contribution < -0.4 is 4.90 Å². The van der Waals surface area contributed by atoms with Crippen LogP contribution in [0.4, 0.5) is 18.9 Å². The predicted molar refractivity (Wildman–Crippen MR) is 117 cm³/mol. The summed E-state index contributed by atoms with van der Waals surface area (Å²) in [5.74, 6) is 0.373. The van der Waals surface area contributed by atoms with Crippen LogP contribution in [0.3, 0.4) is 0 Å². The van der Waals surface area contributed by atoms with Gasteiger partial charge < -0.3 is 14.6 Å². The number of fused-ring (bicyclic) bond motifs is 1. The number of hydrogen-bond acceptors (Lipinski definition) is 4. The third-order valence-corrected chi connectivity index (χ3v) is 7.75. The number of carbonyl (C=O) groups excluding carboxylic acids is 1. The number of amides is 1. The van der Waals surface area contributed by atoms with Gasteiger partial charge in [-0.15, -0.1) is 10.2 Å². The number of halogens is 3. The topological polar surface area (TPSA) is 71.2 Å². The zero-order valence-electron chi connectivity index (χ0n) is 18.6. The Hall–Kier alpha value is -3.20. The van der Waals surface area contributed by atoms with Crippen molar-refractivity contribution in [2.45, 2.75) is 50.4 Å². The Morgan fingerprint density at radius 3 is 2.53 bits per heavy atom. The first kappa shape index (κ1) is 21.3. The number of aliphatic hydroxyl groups excluding tert-OH is 1. The summed E-state index contributed by atoms with van der Waals surface area (Å²) in [6.07, 6.45) is 1.34. The number of aryl methyl sites for hydroxylation is 1. The molecule has 2 saturated carbocycles. The lowest BCUT2D eigenvalue weighted by molar-refractivity contribution is -0.138. The van der Waals surface area contributed by atoms with Crippen molar-refractivity contribution >= 4 is 11.6 Å². The zero-order valence-corrected chi connectivity index (χ0v) is 18.6. The predicted octanol–water partition coefficient (Wildman–Crippen LogP) is 4.35. The van der Waals surface area contributed by atoms with E-state index >= 15 is 0 Å². The van der Waals surface area contributed by atoms with E-state index in [2.05, 4.69) is 10.2 Å². The van der Waals surface area contributed by atoms with E-state index in [4.69, 9.17) is 0 Å². The van der Waals surface area contributed by atoms with Crippen molar-refractivity contribution in [3.8, 4) is 0 Å². The minimum atomic E-state index is -4.62. The standard InChI is InChI=1S/C25H23F3N4O2/c1-31-14-29-30-22(31)24(12-23(13-24)5-6-23)16-3-2-4-17(9-16)32-10-19-18(21(32)34)7-15(11-33)8-20(19)25(26,27)28/h2-4,7-9,14,33H,5-6,10-13H2,1H3. The Kier molecular flexibility index (Phi) is 4.34. The first-order chi connectivity index (χ1) is 16.2. The van der Waals surface area contributed by atoms with Gasteiger partial charge in [-0.2, -0.15) is 13.2 Å². The molecule has 9 heteroatoms. The van der Waals surface area contributed by atoms with Gasteiger partial charge in [0.2, 0.25) is 0 Å². The number of benzene rings is 2. The van der Waals surface area contributed by atoms with Crippen LogP contribution in [0.5, 0.6) is 0 Å². The molecular weight excluding hydrogens is 445 g/mol. The number of hydrogen-bond donors (Lipinski definition) is 1. The number of anilines is 1. The second-order valence-corrected chi connectivity index (χ2v) is 9.97. The molecule has 3 aliphatic rings. The monoisotopic (exact) mass is 468 g/mol. The Morgan fingerprint density at radius 2 is 1.91 bits per heavy atom. The quantitative estimate of drug-likeness (QED) is 0.618. The van der Waals surface area contributed by atoms with Gasteiger partial charge in [-0.3, -0.25) is 4.79 Å². The van der Waals surface area contributed by atoms with Crippen LogP contribution in [0, 0.1) is 5.41 Å². The fraction of sp³-hybridized carbons (Fsp3) is 0.400. The van der Waals surface area contributed by atoms with Gasteiger partial charge in [0.15, 0.2) is 0 Å². The molecule has 34 heavy (non-hydrogen) atoms. The number of alkyl halides is 3. The lowest BCUT2D eigenvalue weighted by Gasteiger charge is -2.48. The molecule has 2 fully saturated rings. The summed E-state index contributed by atoms with van der Waals surface area (Å²) >= 11 is 0. The van der Waals surface area contributed by atoms with E-state index in [1.165, 1.54) is 23.8 Å². The second-order valence-electron chi connectivity index (χ2n) is 9.97. The van der Waals surface area contributed by atoms with Crippen molar-refractivity contribution in [2.75, 3.05) is 4.90 Å². The summed E-state index contributed by atoms with van der Waals surface area (Å²) in [5.41, 5.74) is 0.715. The van der Waals surface area contributed by atoms with Crippen molar-refractivity contribution in [2.24, 2.45) is 12.5 Å². The normalized spacial score (nSPS) is 19.9. The molecule has 1 spiro atoms. The maximum absolute atomic E-state index is 13.7. The molecule has 2 heterocycles. The van der Waals surface area contributed by atoms with Gasteiger partial charge in [-0.25, -0.2) is 0 Å². The van der Waals surface area contributed by atoms with Crippen molar-refractivity contribution < 1.29 is 23.1 Å². The van der Waals surface area contributed by atoms with Crippen molar-refractivity contribution in [1.82, 2.24) is 14.8 Å². The van der Waals surface area contributed by atoms with E-state index in [0.29, 0.717) is 11.1 Å². The Bertz CT molecular complexity index is 1320. The molecule has 6 rings (SSSR count). The van der Waals surface area contributed by atoms with Crippen LogP contribution in [-0.4, -0.2) is 25.8 Å². The summed E-state index contributed by atoms with van der Waals surface area (Å²) in [4.78, 5) is 14.6. The van der Waals surface area contributed by atoms with Gasteiger partial charge in [0, 0.05) is 18.3 Å². The zero-order chi connectivity index (χ0) is 23.9. The van der Waals surface area contributed by atoms with Gasteiger partial charge in [0.25, 0.3) is 5.91 Å². The first-order valence-corrected chi connectivity index (χ1v) is 11.3. The molecule has 1 aliphatic heterocycles. The number of aromatic nitrogens is 3. The van der Waals surface area contributed by atoms with E-state index in [-0.39, 0.29) is 28.7 Å². The smallest absolute Gasteiger partial charge is 0.392 e. The molecule has 6 nitrogen and oxygen atoms in total. The molecule has 3 aromatic rings. The van der Waals surface area contributed by atoms with Crippen molar-refractivity contribution in [3.05, 3.63) is 76.4 Å². The van der Waals surface area contributed by atoms with Crippen LogP contribution >= 0.6 is 0 Å². The van der Waals surface area contributed by atoms with E-state index in [0.717, 1.165) is 30.3 Å². The van der Waals surface area contributed by atoms with Crippen LogP contribution in [0.1, 0.15) is 64.1 Å². The fourth-order valence-electron chi connectivity index (χ4n) is 5.96. The summed E-state index contributed by atoms with van der Waals surface area (Å²) < 4.78 is 43.1. The van der Waals surface area contributed by atoms with E-state index in [9.17, 15) is 23.1 Å². The van der Waals surface area contributed by atoms with Crippen molar-refractivity contribution in [1.29, 1.82) is 0 Å². The lowest BCUT2D eigenvalue weighted by atomic mass is 9.56. The van der Waals surface area contributed by atoms with Crippen molar-refractivity contribution in [3.63, 3.8) is 0 Å². The molecule has 2 aromatic carbocycles. The highest BCUT2D eigenvalue weighted by Gasteiger charge is 2.63. The molecule has 0 atom stereocenters. The third kappa shape index (κ3) is 3.02. The summed E-state index contributed by atoms with van der Waals surface area (Å²) in [6.45, 7) is -0.736. The van der Waals surface area contributed by atoms with E-state index in [1.807, 2.05) is 29.8 Å². The minimum absolute atomic E-state index is 0.00660. The number of nitrogens with zero attached hydrogens (tertiary/aromatic N) is 4. The Balaban J connectivity index is 1.40. The van der Waals surface area contributed by atoms with E-state index < -0.39 is 24.3 Å². The first-order valence-electron chi connectivity index (χ1n) is 11.3. The summed E-state index contributed by atoms with van der Waals surface area (Å²) in [6, 6.07) is 9.81. The SMILES string of the molecule is Cn1cnnc1C1(c2cccc(N3Cc4c(cc(CO)cc4C(F)(F)F)C3=O)c2)CC2(CC2)C1. The second kappa shape index (κ2) is 6.91. The Morgan fingerprint density at radius 1 is 1.15 bits per heavy atom. The fourth-order valence-corrected chi connectivity index (χ4v) is 5.96. The summed E-state index contributed by atoms with van der Waals surface area (Å²) in [7, 11) is 1.91. The molecule has 1 aromatic heterocycles. The Labute approximate surface area is 194 Å². The van der Waals surface area contributed by atoms with Gasteiger partial charge in [-0.1, -0.05) is 12.1 Å². The number of carbonyl (C=O) groups is 1. The number of aliphatic hydroxyl groups is 1. The number of rotatable bonds is 4. The average Bonchev–Trinajstić information content (AvgIpc) is 3.35. The van der Waals surface area contributed by atoms with Crippen LogP contribution in [-0.2, 0) is 31.8 Å². The molecular formula is C25H23F3N4O2. The average molecular weight is 468 g/mol. The van der Waals surface area contributed by atoms with Gasteiger partial charge in [0.1, 0.15) is 12.2 Å². The van der Waals surface area contributed by atoms with Gasteiger partial charge >= 0.3 is 6.18 Å². The van der Waals surface area contributed by atoms with Crippen LogP contribution in [0.15, 0.2) is 42.7 Å². The van der Waals surface area contributed by atoms with Crippen LogP contribution in [0.2, 0.25) is 0 Å². The molecule has 0 radical (unpaired) electrons. The van der Waals surface area contributed by atoms with Gasteiger partial charge in [0.05, 0.1) is 24.1 Å². The summed E-state index contributed by atoms with van der Waals surface area (Å²) in [5, 5.41) is 17.9. The molecule has 1 amide bonds.